The van der Waals surface area contributed by atoms with Crippen LogP contribution in [-0.2, 0) is 4.79 Å². The Kier molecular flexibility index (Phi) is 2.70. The number of nitrogens with two attached hydrogens (primary N) is 2. The van der Waals surface area contributed by atoms with Crippen LogP contribution in [0, 0.1) is 0 Å². The molecule has 0 spiro atoms. The van der Waals surface area contributed by atoms with Gasteiger partial charge >= 0.3 is 11.7 Å². The number of carboxylic acids is 1. The second kappa shape index (κ2) is 4.04. The third kappa shape index (κ3) is 2.05. The summed E-state index contributed by atoms with van der Waals surface area (Å²) in [6.07, 6.45) is 0. The topological polar surface area (TPSA) is 138 Å². The van der Waals surface area contributed by atoms with Crippen molar-refractivity contribution in [3.8, 4) is 0 Å². The van der Waals surface area contributed by atoms with Crippen LogP contribution in [0.3, 0.4) is 0 Å². The Morgan fingerprint density at radius 1 is 1.24 bits per heavy atom. The van der Waals surface area contributed by atoms with Gasteiger partial charge in [0.1, 0.15) is 6.04 Å². The first-order chi connectivity index (χ1) is 7.99. The van der Waals surface area contributed by atoms with Crippen molar-refractivity contribution in [2.75, 3.05) is 0 Å². The zero-order valence-corrected chi connectivity index (χ0v) is 8.81. The van der Waals surface area contributed by atoms with E-state index in [-0.39, 0.29) is 5.69 Å². The van der Waals surface area contributed by atoms with Crippen LogP contribution in [0.15, 0.2) is 23.0 Å². The summed E-state index contributed by atoms with van der Waals surface area (Å²) in [5.74, 6) is -1.17. The van der Waals surface area contributed by atoms with E-state index in [0.717, 1.165) is 0 Å². The first-order valence-electron chi connectivity index (χ1n) is 4.95. The number of nitrogens with one attached hydrogen (secondary N) is 2. The molecule has 7 N–H and O–H groups in total. The molecule has 2 rings (SSSR count). The van der Waals surface area contributed by atoms with Gasteiger partial charge in [-0.2, -0.15) is 0 Å². The molecule has 2 unspecified atom stereocenters. The van der Waals surface area contributed by atoms with Crippen LogP contribution in [0.4, 0.5) is 0 Å². The summed E-state index contributed by atoms with van der Waals surface area (Å²) in [7, 11) is 0. The third-order valence-corrected chi connectivity index (χ3v) is 2.60. The standard InChI is InChI=1S/C10H12N4O3/c11-7(8(12)9(15)16)4-1-2-5-6(3-4)14-10(17)13-5/h1-3,7-8H,11-12H2,(H,15,16)(H2,13,14,17). The molecule has 1 heterocycles. The summed E-state index contributed by atoms with van der Waals surface area (Å²) < 4.78 is 0. The molecule has 2 atom stereocenters. The maximum atomic E-state index is 11.1. The van der Waals surface area contributed by atoms with E-state index in [4.69, 9.17) is 16.6 Å². The summed E-state index contributed by atoms with van der Waals surface area (Å²) in [6, 6.07) is 2.89. The molecule has 0 bridgehead atoms. The number of imidazole rings is 1. The van der Waals surface area contributed by atoms with Crippen molar-refractivity contribution in [2.24, 2.45) is 11.5 Å². The predicted molar refractivity (Wildman–Crippen MR) is 61.5 cm³/mol. The zero-order valence-electron chi connectivity index (χ0n) is 8.81. The van der Waals surface area contributed by atoms with Gasteiger partial charge in [-0.1, -0.05) is 6.07 Å². The molecular formula is C10H12N4O3. The van der Waals surface area contributed by atoms with Crippen molar-refractivity contribution in [3.63, 3.8) is 0 Å². The molecule has 7 heteroatoms. The molecule has 0 saturated carbocycles. The SMILES string of the molecule is NC(C(=O)O)C(N)c1ccc2[nH]c(=O)[nH]c2c1. The monoisotopic (exact) mass is 236 g/mol. The molecule has 1 aromatic heterocycles. The largest absolute Gasteiger partial charge is 0.480 e. The molecule has 0 fully saturated rings. The van der Waals surface area contributed by atoms with E-state index < -0.39 is 18.1 Å². The number of carbonyl (C=O) groups is 1. The van der Waals surface area contributed by atoms with Crippen molar-refractivity contribution in [1.82, 2.24) is 9.97 Å². The first kappa shape index (κ1) is 11.4. The highest BCUT2D eigenvalue weighted by Crippen LogP contribution is 2.17. The van der Waals surface area contributed by atoms with Crippen LogP contribution in [0.5, 0.6) is 0 Å². The molecule has 0 radical (unpaired) electrons. The highest BCUT2D eigenvalue weighted by molar-refractivity contribution is 5.77. The van der Waals surface area contributed by atoms with Gasteiger partial charge in [-0.15, -0.1) is 0 Å². The smallest absolute Gasteiger partial charge is 0.323 e. The zero-order chi connectivity index (χ0) is 12.6. The van der Waals surface area contributed by atoms with Gasteiger partial charge in [-0.05, 0) is 17.7 Å². The van der Waals surface area contributed by atoms with Crippen LogP contribution in [0.25, 0.3) is 11.0 Å². The quantitative estimate of drug-likeness (QED) is 0.478. The number of aromatic nitrogens is 2. The van der Waals surface area contributed by atoms with Crippen molar-refractivity contribution < 1.29 is 9.90 Å². The number of aliphatic carboxylic acids is 1. The van der Waals surface area contributed by atoms with Crippen LogP contribution < -0.4 is 17.2 Å². The van der Waals surface area contributed by atoms with E-state index in [9.17, 15) is 9.59 Å². The maximum Gasteiger partial charge on any atom is 0.323 e. The fourth-order valence-corrected chi connectivity index (χ4v) is 1.62. The summed E-state index contributed by atoms with van der Waals surface area (Å²) in [4.78, 5) is 26.9. The van der Waals surface area contributed by atoms with Gasteiger partial charge in [0, 0.05) is 0 Å². The molecule has 0 aliphatic heterocycles. The molecule has 90 valence electrons. The molecule has 0 aliphatic rings. The van der Waals surface area contributed by atoms with Gasteiger partial charge in [0.2, 0.25) is 0 Å². The number of aromatic amines is 2. The fraction of sp³-hybridized carbons (Fsp3) is 0.200. The van der Waals surface area contributed by atoms with E-state index in [1.807, 2.05) is 0 Å². The Hall–Kier alpha value is -2.12. The Morgan fingerprint density at radius 3 is 2.53 bits per heavy atom. The van der Waals surface area contributed by atoms with Gasteiger partial charge < -0.3 is 26.5 Å². The minimum Gasteiger partial charge on any atom is -0.480 e. The summed E-state index contributed by atoms with van der Waals surface area (Å²) in [5.41, 5.74) is 12.6. The fourth-order valence-electron chi connectivity index (χ4n) is 1.62. The average molecular weight is 236 g/mol. The molecule has 1 aromatic carbocycles. The van der Waals surface area contributed by atoms with Crippen molar-refractivity contribution in [3.05, 3.63) is 34.2 Å². The Balaban J connectivity index is 2.42. The predicted octanol–water partition coefficient (Wildman–Crippen LogP) is -0.732. The normalized spacial score (nSPS) is 14.7. The lowest BCUT2D eigenvalue weighted by Crippen LogP contribution is -2.40. The van der Waals surface area contributed by atoms with Gasteiger partial charge in [0.05, 0.1) is 17.1 Å². The lowest BCUT2D eigenvalue weighted by atomic mass is 10.0. The van der Waals surface area contributed by atoms with Crippen LogP contribution in [0.1, 0.15) is 11.6 Å². The van der Waals surface area contributed by atoms with Crippen molar-refractivity contribution in [2.45, 2.75) is 12.1 Å². The van der Waals surface area contributed by atoms with E-state index in [2.05, 4.69) is 9.97 Å². The number of rotatable bonds is 3. The second-order valence-electron chi connectivity index (χ2n) is 3.77. The molecule has 0 amide bonds. The average Bonchev–Trinajstić information content (AvgIpc) is 2.65. The van der Waals surface area contributed by atoms with E-state index in [1.54, 1.807) is 18.2 Å². The number of fused-ring (bicyclic) bond motifs is 1. The molecule has 0 saturated heterocycles. The minimum atomic E-state index is -1.18. The van der Waals surface area contributed by atoms with Gasteiger partial charge in [0.15, 0.2) is 0 Å². The first-order valence-corrected chi connectivity index (χ1v) is 4.95. The Labute approximate surface area is 95.4 Å². The molecule has 7 nitrogen and oxygen atoms in total. The van der Waals surface area contributed by atoms with Crippen LogP contribution >= 0.6 is 0 Å². The number of H-pyrrole nitrogens is 2. The third-order valence-electron chi connectivity index (χ3n) is 2.60. The molecule has 2 aromatic rings. The van der Waals surface area contributed by atoms with E-state index in [1.165, 1.54) is 0 Å². The number of hydrogen-bond donors (Lipinski definition) is 5. The lowest BCUT2D eigenvalue weighted by Gasteiger charge is -2.16. The van der Waals surface area contributed by atoms with Crippen LogP contribution in [0.2, 0.25) is 0 Å². The van der Waals surface area contributed by atoms with Crippen LogP contribution in [-0.4, -0.2) is 27.1 Å². The minimum absolute atomic E-state index is 0.326. The van der Waals surface area contributed by atoms with E-state index >= 15 is 0 Å². The summed E-state index contributed by atoms with van der Waals surface area (Å²) in [6.45, 7) is 0. The molecule has 17 heavy (non-hydrogen) atoms. The second-order valence-corrected chi connectivity index (χ2v) is 3.77. The summed E-state index contributed by atoms with van der Waals surface area (Å²) in [5, 5.41) is 8.76. The lowest BCUT2D eigenvalue weighted by molar-refractivity contribution is -0.139. The summed E-state index contributed by atoms with van der Waals surface area (Å²) >= 11 is 0. The van der Waals surface area contributed by atoms with E-state index in [0.29, 0.717) is 16.6 Å². The highest BCUT2D eigenvalue weighted by Gasteiger charge is 2.22. The van der Waals surface area contributed by atoms with Gasteiger partial charge in [0.25, 0.3) is 0 Å². The number of hydrogen-bond acceptors (Lipinski definition) is 4. The Morgan fingerprint density at radius 2 is 1.88 bits per heavy atom. The molecule has 0 aliphatic carbocycles. The van der Waals surface area contributed by atoms with Gasteiger partial charge in [-0.25, -0.2) is 4.79 Å². The van der Waals surface area contributed by atoms with Gasteiger partial charge in [-0.3, -0.25) is 4.79 Å². The van der Waals surface area contributed by atoms with Crippen molar-refractivity contribution in [1.29, 1.82) is 0 Å². The number of benzene rings is 1. The Bertz CT molecular complexity index is 615. The maximum absolute atomic E-state index is 11.1. The molecular weight excluding hydrogens is 224 g/mol. The van der Waals surface area contributed by atoms with Crippen molar-refractivity contribution >= 4 is 17.0 Å². The highest BCUT2D eigenvalue weighted by atomic mass is 16.4. The number of carboxylic acid groups (broad SMARTS) is 1.